The van der Waals surface area contributed by atoms with E-state index in [1.165, 1.54) is 12.1 Å². The van der Waals surface area contributed by atoms with Crippen molar-refractivity contribution in [1.82, 2.24) is 4.90 Å². The molecule has 7 heteroatoms. The van der Waals surface area contributed by atoms with Gasteiger partial charge in [0.2, 0.25) is 0 Å². The second-order valence-corrected chi connectivity index (χ2v) is 8.49. The highest BCUT2D eigenvalue weighted by molar-refractivity contribution is 5.85. The zero-order valence-corrected chi connectivity index (χ0v) is 18.1. The Morgan fingerprint density at radius 2 is 1.22 bits per heavy atom. The van der Waals surface area contributed by atoms with E-state index in [0.29, 0.717) is 12.8 Å². The second kappa shape index (κ2) is 8.52. The molecular formula is C25H25ClFNO4. The number of hydrogen-bond donors (Lipinski definition) is 4. The lowest BCUT2D eigenvalue weighted by molar-refractivity contribution is 0.0992. The first kappa shape index (κ1) is 22.2. The monoisotopic (exact) mass is 457 g/mol. The van der Waals surface area contributed by atoms with Crippen molar-refractivity contribution in [2.45, 2.75) is 37.8 Å². The minimum absolute atomic E-state index is 0. The van der Waals surface area contributed by atoms with Gasteiger partial charge in [0.15, 0.2) is 23.0 Å². The molecule has 0 aromatic heterocycles. The fraction of sp³-hybridized carbons (Fsp3) is 0.280. The van der Waals surface area contributed by atoms with E-state index < -0.39 is 0 Å². The van der Waals surface area contributed by atoms with Gasteiger partial charge in [-0.3, -0.25) is 4.90 Å². The van der Waals surface area contributed by atoms with Crippen LogP contribution in [0.15, 0.2) is 48.5 Å². The number of phenolic OH excluding ortho intramolecular Hbond substituents is 4. The van der Waals surface area contributed by atoms with Crippen molar-refractivity contribution in [3.63, 3.8) is 0 Å². The van der Waals surface area contributed by atoms with Crippen LogP contribution in [0.5, 0.6) is 23.0 Å². The summed E-state index contributed by atoms with van der Waals surface area (Å²) in [5.74, 6) is -0.773. The van der Waals surface area contributed by atoms with Gasteiger partial charge in [-0.1, -0.05) is 12.1 Å². The highest BCUT2D eigenvalue weighted by Crippen LogP contribution is 2.50. The number of fused-ring (bicyclic) bond motifs is 6. The van der Waals surface area contributed by atoms with Gasteiger partial charge in [-0.2, -0.15) is 0 Å². The molecule has 0 amide bonds. The predicted octanol–water partition coefficient (Wildman–Crippen LogP) is 4.90. The van der Waals surface area contributed by atoms with Crippen LogP contribution in [0.1, 0.15) is 46.3 Å². The molecule has 3 aromatic rings. The summed E-state index contributed by atoms with van der Waals surface area (Å²) >= 11 is 0. The topological polar surface area (TPSA) is 84.2 Å². The van der Waals surface area contributed by atoms with E-state index in [9.17, 15) is 24.8 Å². The Hall–Kier alpha value is -2.96. The van der Waals surface area contributed by atoms with E-state index in [2.05, 4.69) is 4.90 Å². The Labute approximate surface area is 191 Å². The molecule has 2 unspecified atom stereocenters. The molecule has 0 spiro atoms. The van der Waals surface area contributed by atoms with Crippen LogP contribution in [-0.2, 0) is 19.3 Å². The predicted molar refractivity (Wildman–Crippen MR) is 121 cm³/mol. The molecule has 0 saturated carbocycles. The summed E-state index contributed by atoms with van der Waals surface area (Å²) in [6.07, 6.45) is 2.95. The highest BCUT2D eigenvalue weighted by atomic mass is 35.5. The van der Waals surface area contributed by atoms with Crippen molar-refractivity contribution in [1.29, 1.82) is 0 Å². The summed E-state index contributed by atoms with van der Waals surface area (Å²) in [5.41, 5.74) is 5.00. The van der Waals surface area contributed by atoms with E-state index in [1.54, 1.807) is 36.4 Å². The Morgan fingerprint density at radius 3 is 1.72 bits per heavy atom. The first-order valence-electron chi connectivity index (χ1n) is 10.5. The lowest BCUT2D eigenvalue weighted by Gasteiger charge is -2.48. The molecule has 0 radical (unpaired) electrons. The third kappa shape index (κ3) is 3.85. The van der Waals surface area contributed by atoms with Gasteiger partial charge in [0, 0.05) is 12.1 Å². The van der Waals surface area contributed by atoms with Crippen molar-refractivity contribution in [2.75, 3.05) is 6.54 Å². The van der Waals surface area contributed by atoms with Crippen LogP contribution in [0.2, 0.25) is 0 Å². The fourth-order valence-electron chi connectivity index (χ4n) is 5.12. The molecule has 5 nitrogen and oxygen atoms in total. The summed E-state index contributed by atoms with van der Waals surface area (Å²) in [7, 11) is 0. The third-order valence-electron chi connectivity index (χ3n) is 6.61. The average molecular weight is 458 g/mol. The number of rotatable bonds is 4. The number of hydrogen-bond acceptors (Lipinski definition) is 5. The Bertz CT molecular complexity index is 1090. The van der Waals surface area contributed by atoms with Gasteiger partial charge < -0.3 is 20.4 Å². The lowest BCUT2D eigenvalue weighted by Crippen LogP contribution is -2.43. The Kier molecular flexibility index (Phi) is 5.93. The van der Waals surface area contributed by atoms with Gasteiger partial charge in [-0.25, -0.2) is 4.39 Å². The quantitative estimate of drug-likeness (QED) is 0.419. The molecule has 168 valence electrons. The minimum atomic E-state index is -0.242. The standard InChI is InChI=1S/C25H24FNO4.ClH/c26-17-5-3-14(4-6-17)2-1-7-27-20-8-15-10-22(28)24(30)12-18(15)21(27)9-16-11-23(29)25(31)13-19(16)20;/h3-6,10-13,20-21,28-31H,1-2,7-9H2;1H. The zero-order valence-electron chi connectivity index (χ0n) is 17.3. The maximum absolute atomic E-state index is 13.2. The number of nitrogens with zero attached hydrogens (tertiary/aromatic N) is 1. The van der Waals surface area contributed by atoms with Crippen LogP contribution in [0.4, 0.5) is 4.39 Å². The van der Waals surface area contributed by atoms with Crippen molar-refractivity contribution < 1.29 is 24.8 Å². The van der Waals surface area contributed by atoms with Gasteiger partial charge in [0.05, 0.1) is 0 Å². The van der Waals surface area contributed by atoms with Crippen molar-refractivity contribution >= 4 is 12.4 Å². The number of aromatic hydroxyl groups is 4. The van der Waals surface area contributed by atoms with E-state index in [1.807, 2.05) is 0 Å². The molecule has 2 bridgehead atoms. The highest BCUT2D eigenvalue weighted by Gasteiger charge is 2.40. The number of phenols is 4. The molecule has 2 heterocycles. The molecule has 0 fully saturated rings. The normalized spacial score (nSPS) is 19.0. The van der Waals surface area contributed by atoms with Crippen molar-refractivity contribution in [3.05, 3.63) is 82.2 Å². The summed E-state index contributed by atoms with van der Waals surface area (Å²) in [6, 6.07) is 13.1. The maximum Gasteiger partial charge on any atom is 0.157 e. The van der Waals surface area contributed by atoms with E-state index in [4.69, 9.17) is 0 Å². The van der Waals surface area contributed by atoms with Gasteiger partial charge in [-0.05, 0) is 96.4 Å². The maximum atomic E-state index is 13.2. The third-order valence-corrected chi connectivity index (χ3v) is 6.61. The molecule has 2 aliphatic rings. The van der Waals surface area contributed by atoms with Gasteiger partial charge in [0.25, 0.3) is 0 Å². The van der Waals surface area contributed by atoms with E-state index >= 15 is 0 Å². The molecule has 5 rings (SSSR count). The minimum Gasteiger partial charge on any atom is -0.504 e. The summed E-state index contributed by atoms with van der Waals surface area (Å²) in [6.45, 7) is 0.787. The second-order valence-electron chi connectivity index (χ2n) is 8.49. The molecule has 4 N–H and O–H groups in total. The average Bonchev–Trinajstić information content (AvgIpc) is 2.73. The zero-order chi connectivity index (χ0) is 21.7. The summed E-state index contributed by atoms with van der Waals surface area (Å²) in [4.78, 5) is 2.38. The van der Waals surface area contributed by atoms with Crippen LogP contribution in [0.3, 0.4) is 0 Å². The smallest absolute Gasteiger partial charge is 0.157 e. The molecule has 3 aromatic carbocycles. The lowest BCUT2D eigenvalue weighted by atomic mass is 9.76. The first-order valence-corrected chi connectivity index (χ1v) is 10.5. The van der Waals surface area contributed by atoms with Gasteiger partial charge in [-0.15, -0.1) is 12.4 Å². The Balaban J connectivity index is 0.00000245. The van der Waals surface area contributed by atoms with Crippen molar-refractivity contribution in [2.24, 2.45) is 0 Å². The van der Waals surface area contributed by atoms with Crippen LogP contribution >= 0.6 is 12.4 Å². The number of benzene rings is 3. The van der Waals surface area contributed by atoms with Crippen LogP contribution in [0.25, 0.3) is 0 Å². The summed E-state index contributed by atoms with van der Waals surface area (Å²) < 4.78 is 13.2. The van der Waals surface area contributed by atoms with Crippen LogP contribution in [0, 0.1) is 5.82 Å². The fourth-order valence-corrected chi connectivity index (χ4v) is 5.12. The van der Waals surface area contributed by atoms with Crippen molar-refractivity contribution in [3.8, 4) is 23.0 Å². The first-order chi connectivity index (χ1) is 14.9. The molecule has 2 atom stereocenters. The molecule has 0 aliphatic carbocycles. The van der Waals surface area contributed by atoms with E-state index in [-0.39, 0.29) is 53.3 Å². The van der Waals surface area contributed by atoms with Gasteiger partial charge in [0.1, 0.15) is 5.82 Å². The molecule has 32 heavy (non-hydrogen) atoms. The number of aryl methyl sites for hydroxylation is 1. The summed E-state index contributed by atoms with van der Waals surface area (Å²) in [5, 5.41) is 40.2. The number of halogens is 2. The largest absolute Gasteiger partial charge is 0.504 e. The van der Waals surface area contributed by atoms with Crippen LogP contribution < -0.4 is 0 Å². The molecule has 2 aliphatic heterocycles. The molecular weight excluding hydrogens is 433 g/mol. The Morgan fingerprint density at radius 1 is 0.750 bits per heavy atom. The van der Waals surface area contributed by atoms with Gasteiger partial charge >= 0.3 is 0 Å². The van der Waals surface area contributed by atoms with Crippen LogP contribution in [-0.4, -0.2) is 31.9 Å². The van der Waals surface area contributed by atoms with E-state index in [0.717, 1.165) is 47.2 Å². The molecule has 0 saturated heterocycles. The SMILES string of the molecule is Cl.Oc1cc2c(cc1O)C1Cc3cc(O)c(O)cc3C(C2)N1CCCc1ccc(F)cc1.